The van der Waals surface area contributed by atoms with Gasteiger partial charge in [0.2, 0.25) is 0 Å². The number of amides is 1. The van der Waals surface area contributed by atoms with Crippen LogP contribution in [0.1, 0.15) is 73.4 Å². The Kier molecular flexibility index (Phi) is 5.50. The molecule has 1 fully saturated rings. The fraction of sp³-hybridized carbons (Fsp3) is 0.650. The van der Waals surface area contributed by atoms with Crippen LogP contribution >= 0.6 is 0 Å². The molecule has 1 saturated heterocycles. The third-order valence-corrected chi connectivity index (χ3v) is 6.11. The molecule has 1 N–H and O–H groups in total. The van der Waals surface area contributed by atoms with Gasteiger partial charge in [-0.15, -0.1) is 0 Å². The first-order valence-corrected chi connectivity index (χ1v) is 10.5. The fourth-order valence-electron chi connectivity index (χ4n) is 4.26. The molecule has 1 amide bonds. The molecular formula is C20H26F3N5O2. The van der Waals surface area contributed by atoms with Crippen molar-refractivity contribution < 1.29 is 22.5 Å². The molecule has 30 heavy (non-hydrogen) atoms. The van der Waals surface area contributed by atoms with Crippen molar-refractivity contribution in [3.63, 3.8) is 0 Å². The monoisotopic (exact) mass is 425 g/mol. The molecule has 2 aliphatic heterocycles. The minimum Gasteiger partial charge on any atom is -0.367 e. The highest BCUT2D eigenvalue weighted by Gasteiger charge is 2.46. The maximum absolute atomic E-state index is 13.6. The predicted molar refractivity (Wildman–Crippen MR) is 103 cm³/mol. The van der Waals surface area contributed by atoms with Crippen LogP contribution in [0, 0.1) is 0 Å². The molecule has 0 saturated carbocycles. The van der Waals surface area contributed by atoms with Crippen LogP contribution in [0.15, 0.2) is 16.7 Å². The molecule has 0 unspecified atom stereocenters. The summed E-state index contributed by atoms with van der Waals surface area (Å²) in [5.74, 6) is 0.935. The zero-order valence-electron chi connectivity index (χ0n) is 17.1. The van der Waals surface area contributed by atoms with Crippen LogP contribution in [0.5, 0.6) is 0 Å². The summed E-state index contributed by atoms with van der Waals surface area (Å²) in [5.41, 5.74) is 0.955. The summed E-state index contributed by atoms with van der Waals surface area (Å²) < 4.78 is 46.9. The highest BCUT2D eigenvalue weighted by Crippen LogP contribution is 2.41. The lowest BCUT2D eigenvalue weighted by atomic mass is 9.93. The van der Waals surface area contributed by atoms with Gasteiger partial charge in [0.05, 0.1) is 5.69 Å². The summed E-state index contributed by atoms with van der Waals surface area (Å²) in [6.45, 7) is 4.82. The zero-order valence-corrected chi connectivity index (χ0v) is 17.1. The van der Waals surface area contributed by atoms with Crippen LogP contribution in [0.25, 0.3) is 0 Å². The number of fused-ring (bicyclic) bond motifs is 1. The predicted octanol–water partition coefficient (Wildman–Crippen LogP) is 4.15. The van der Waals surface area contributed by atoms with Gasteiger partial charge in [-0.3, -0.25) is 4.79 Å². The molecule has 2 aliphatic rings. The second-order valence-corrected chi connectivity index (χ2v) is 8.04. The van der Waals surface area contributed by atoms with Crippen molar-refractivity contribution in [2.75, 3.05) is 18.4 Å². The molecule has 164 valence electrons. The molecule has 2 atom stereocenters. The lowest BCUT2D eigenvalue weighted by Crippen LogP contribution is -2.39. The largest absolute Gasteiger partial charge is 0.410 e. The molecule has 2 aromatic rings. The van der Waals surface area contributed by atoms with Gasteiger partial charge in [-0.25, -0.2) is 4.68 Å². The molecule has 0 aromatic carbocycles. The third-order valence-electron chi connectivity index (χ3n) is 6.11. The van der Waals surface area contributed by atoms with Gasteiger partial charge in [0, 0.05) is 43.6 Å². The minimum absolute atomic E-state index is 0.0154. The van der Waals surface area contributed by atoms with E-state index in [1.807, 2.05) is 13.8 Å². The number of halogens is 3. The number of nitrogens with one attached hydrogen (secondary N) is 1. The number of alkyl halides is 3. The summed E-state index contributed by atoms with van der Waals surface area (Å²) in [7, 11) is 0. The number of anilines is 1. The summed E-state index contributed by atoms with van der Waals surface area (Å²) >= 11 is 0. The number of carbonyl (C=O) groups excluding carboxylic acids is 1. The number of carbonyl (C=O) groups is 1. The maximum atomic E-state index is 13.6. The average Bonchev–Trinajstić information content (AvgIpc) is 3.38. The van der Waals surface area contributed by atoms with Crippen molar-refractivity contribution in [2.24, 2.45) is 0 Å². The van der Waals surface area contributed by atoms with Crippen LogP contribution in [0.2, 0.25) is 0 Å². The van der Waals surface area contributed by atoms with Crippen LogP contribution in [0.4, 0.5) is 19.0 Å². The molecule has 7 nitrogen and oxygen atoms in total. The van der Waals surface area contributed by atoms with E-state index in [4.69, 9.17) is 4.52 Å². The van der Waals surface area contributed by atoms with E-state index >= 15 is 0 Å². The number of nitrogens with zero attached hydrogens (tertiary/aromatic N) is 4. The van der Waals surface area contributed by atoms with Crippen molar-refractivity contribution in [3.8, 4) is 0 Å². The first kappa shape index (κ1) is 20.7. The van der Waals surface area contributed by atoms with E-state index in [2.05, 4.69) is 15.6 Å². The summed E-state index contributed by atoms with van der Waals surface area (Å²) in [6, 6.07) is 1.58. The molecule has 0 radical (unpaired) electrons. The van der Waals surface area contributed by atoms with Crippen molar-refractivity contribution >= 4 is 11.7 Å². The van der Waals surface area contributed by atoms with E-state index in [9.17, 15) is 18.0 Å². The van der Waals surface area contributed by atoms with Crippen molar-refractivity contribution in [1.29, 1.82) is 0 Å². The lowest BCUT2D eigenvalue weighted by molar-refractivity contribution is -0.173. The molecule has 2 aromatic heterocycles. The Morgan fingerprint density at radius 2 is 2.00 bits per heavy atom. The van der Waals surface area contributed by atoms with Crippen molar-refractivity contribution in [2.45, 2.75) is 70.1 Å². The Labute approximate surface area is 172 Å². The number of aryl methyl sites for hydroxylation is 1. The second kappa shape index (κ2) is 7.96. The first-order chi connectivity index (χ1) is 14.3. The Morgan fingerprint density at radius 1 is 1.27 bits per heavy atom. The van der Waals surface area contributed by atoms with Crippen molar-refractivity contribution in [3.05, 3.63) is 29.3 Å². The Hall–Kier alpha value is -2.52. The van der Waals surface area contributed by atoms with Gasteiger partial charge in [-0.2, -0.15) is 18.3 Å². The zero-order chi connectivity index (χ0) is 21.5. The second-order valence-electron chi connectivity index (χ2n) is 8.04. The van der Waals surface area contributed by atoms with Crippen molar-refractivity contribution in [1.82, 2.24) is 19.8 Å². The topological polar surface area (TPSA) is 76.2 Å². The Balaban J connectivity index is 1.45. The molecule has 0 aliphatic carbocycles. The summed E-state index contributed by atoms with van der Waals surface area (Å²) in [5, 5.41) is 11.4. The van der Waals surface area contributed by atoms with Gasteiger partial charge < -0.3 is 14.7 Å². The van der Waals surface area contributed by atoms with E-state index in [1.165, 1.54) is 0 Å². The van der Waals surface area contributed by atoms with Gasteiger partial charge in [0.1, 0.15) is 11.6 Å². The number of hydrogen-bond acceptors (Lipinski definition) is 5. The Bertz CT molecular complexity index is 899. The molecule has 4 rings (SSSR count). The minimum atomic E-state index is -4.34. The van der Waals surface area contributed by atoms with E-state index in [1.54, 1.807) is 17.0 Å². The fourth-order valence-corrected chi connectivity index (χ4v) is 4.26. The molecule has 0 bridgehead atoms. The normalized spacial score (nSPS) is 22.6. The van der Waals surface area contributed by atoms with E-state index in [-0.39, 0.29) is 24.3 Å². The van der Waals surface area contributed by atoms with Gasteiger partial charge >= 0.3 is 6.18 Å². The van der Waals surface area contributed by atoms with E-state index < -0.39 is 12.2 Å². The van der Waals surface area contributed by atoms with Gasteiger partial charge in [0.25, 0.3) is 5.91 Å². The van der Waals surface area contributed by atoms with Gasteiger partial charge in [-0.05, 0) is 25.7 Å². The summed E-state index contributed by atoms with van der Waals surface area (Å²) in [6.07, 6.45) is -1.77. The smallest absolute Gasteiger partial charge is 0.367 e. The number of likely N-dealkylation sites (tertiary alicyclic amines) is 1. The number of hydrogen-bond donors (Lipinski definition) is 1. The van der Waals surface area contributed by atoms with Crippen LogP contribution in [-0.4, -0.2) is 51.1 Å². The van der Waals surface area contributed by atoms with Crippen LogP contribution in [-0.2, 0) is 6.42 Å². The van der Waals surface area contributed by atoms with Gasteiger partial charge in [-0.1, -0.05) is 19.0 Å². The quantitative estimate of drug-likeness (QED) is 0.796. The lowest BCUT2D eigenvalue weighted by Gasteiger charge is -2.32. The van der Waals surface area contributed by atoms with E-state index in [0.29, 0.717) is 61.7 Å². The Morgan fingerprint density at radius 3 is 2.60 bits per heavy atom. The highest BCUT2D eigenvalue weighted by atomic mass is 19.4. The highest BCUT2D eigenvalue weighted by molar-refractivity contribution is 5.92. The summed E-state index contributed by atoms with van der Waals surface area (Å²) in [4.78, 5) is 14.3. The third kappa shape index (κ3) is 3.91. The maximum Gasteiger partial charge on any atom is 0.410 e. The number of rotatable bonds is 4. The molecule has 0 spiro atoms. The molecule has 4 heterocycles. The first-order valence-electron chi connectivity index (χ1n) is 10.5. The molecule has 10 heteroatoms. The van der Waals surface area contributed by atoms with Crippen LogP contribution < -0.4 is 5.32 Å². The number of aromatic nitrogens is 3. The standard InChI is InChI=1S/C20H26F3N5O2/c1-3-13-9-17(20(21,22)23)28-18(24-13)11-15(25-28)12-5-7-27(8-6-12)19(29)16-10-14(4-2)30-26-16/h10-13,17,24H,3-9H2,1-2H3/t13-,17-/m1/s1. The number of piperidine rings is 1. The SMILES string of the molecule is CCc1cc(C(=O)N2CCC(c3cc4n(n3)[C@@H](C(F)(F)F)C[C@@H](CC)N4)CC2)no1. The average molecular weight is 425 g/mol. The van der Waals surface area contributed by atoms with E-state index in [0.717, 1.165) is 4.68 Å². The van der Waals surface area contributed by atoms with Crippen LogP contribution in [0.3, 0.4) is 0 Å². The van der Waals surface area contributed by atoms with Gasteiger partial charge in [0.15, 0.2) is 11.7 Å². The molecular weight excluding hydrogens is 399 g/mol.